The van der Waals surface area contributed by atoms with Crippen LogP contribution in [0.4, 0.5) is 4.79 Å². The highest BCUT2D eigenvalue weighted by atomic mass is 16.6. The number of cyclic esters (lactones) is 1. The minimum Gasteiger partial charge on any atom is -0.481 e. The Morgan fingerprint density at radius 1 is 1.20 bits per heavy atom. The normalized spacial score (nSPS) is 33.5. The molecule has 0 radical (unpaired) electrons. The minimum atomic E-state index is -0.752. The number of carboxylic acids is 1. The van der Waals surface area contributed by atoms with Gasteiger partial charge in [-0.25, -0.2) is 4.48 Å². The van der Waals surface area contributed by atoms with Crippen molar-refractivity contribution in [2.75, 3.05) is 66.5 Å². The molecule has 8 nitrogen and oxygen atoms in total. The van der Waals surface area contributed by atoms with Gasteiger partial charge in [-0.2, -0.15) is 4.79 Å². The number of hydrogen-bond acceptors (Lipinski definition) is 6. The van der Waals surface area contributed by atoms with Crippen molar-refractivity contribution >= 4 is 12.1 Å². The van der Waals surface area contributed by atoms with Gasteiger partial charge in [0.25, 0.3) is 0 Å². The van der Waals surface area contributed by atoms with Crippen LogP contribution in [0.1, 0.15) is 19.3 Å². The Balaban J connectivity index is 1.52. The minimum absolute atomic E-state index is 0.0899. The molecule has 3 aliphatic rings. The summed E-state index contributed by atoms with van der Waals surface area (Å²) in [7, 11) is 4.16. The summed E-state index contributed by atoms with van der Waals surface area (Å²) < 4.78 is 6.16. The number of carbonyl (C=O) groups excluding carboxylic acids is 1. The number of rotatable bonds is 5. The summed E-state index contributed by atoms with van der Waals surface area (Å²) in [6, 6.07) is 0.352. The summed E-state index contributed by atoms with van der Waals surface area (Å²) in [5, 5.41) is 8.80. The second kappa shape index (κ2) is 7.57. The number of carbonyl (C=O) groups is 2. The summed E-state index contributed by atoms with van der Waals surface area (Å²) in [6.45, 7) is 6.71. The number of quaternary nitrogens is 1. The van der Waals surface area contributed by atoms with E-state index in [1.807, 2.05) is 7.05 Å². The number of aliphatic carboxylic acids is 1. The molecule has 0 aliphatic carbocycles. The van der Waals surface area contributed by atoms with E-state index >= 15 is 0 Å². The first-order chi connectivity index (χ1) is 11.9. The number of hydrogen-bond donors (Lipinski definition) is 1. The highest BCUT2D eigenvalue weighted by molar-refractivity contribution is 5.66. The molecule has 142 valence electrons. The van der Waals surface area contributed by atoms with Crippen LogP contribution in [0.2, 0.25) is 0 Å². The number of ether oxygens (including phenoxy) is 1. The van der Waals surface area contributed by atoms with Gasteiger partial charge in [0, 0.05) is 58.7 Å². The van der Waals surface area contributed by atoms with E-state index in [0.717, 1.165) is 58.7 Å². The molecule has 3 rings (SSSR count). The van der Waals surface area contributed by atoms with Crippen molar-refractivity contribution in [2.24, 2.45) is 0 Å². The molecule has 2 atom stereocenters. The molecule has 0 aromatic carbocycles. The van der Waals surface area contributed by atoms with Gasteiger partial charge in [-0.15, -0.1) is 0 Å². The number of likely N-dealkylation sites (N-methyl/N-ethyl adjacent to an activating group) is 1. The van der Waals surface area contributed by atoms with Gasteiger partial charge in [-0.3, -0.25) is 9.69 Å². The predicted molar refractivity (Wildman–Crippen MR) is 92.1 cm³/mol. The number of likely N-dealkylation sites (tertiary alicyclic amines) is 1. The Bertz CT molecular complexity index is 501. The Morgan fingerprint density at radius 3 is 2.44 bits per heavy atom. The average Bonchev–Trinajstić information content (AvgIpc) is 2.90. The maximum Gasteiger partial charge on any atom is 0.517 e. The lowest BCUT2D eigenvalue weighted by molar-refractivity contribution is -0.852. The fourth-order valence-corrected chi connectivity index (χ4v) is 4.25. The largest absolute Gasteiger partial charge is 0.517 e. The van der Waals surface area contributed by atoms with E-state index < -0.39 is 5.97 Å². The number of nitrogens with zero attached hydrogens (tertiary/aromatic N) is 4. The zero-order valence-electron chi connectivity index (χ0n) is 15.4. The molecular weight excluding hydrogens is 324 g/mol. The molecular formula is C17H31N4O4+. The highest BCUT2D eigenvalue weighted by Gasteiger charge is 2.53. The van der Waals surface area contributed by atoms with Crippen molar-refractivity contribution < 1.29 is 23.9 Å². The standard InChI is InChI=1S/C17H30N4O4/c1-18-6-3-14(4-7-18)21(2)13-15(25-17(21)24)20-11-9-19(10-12-20)8-5-16(22)23/h14-15H,3-13H2,1-2H3/p+1. The van der Waals surface area contributed by atoms with E-state index in [2.05, 4.69) is 21.7 Å². The molecule has 8 heteroatoms. The molecule has 2 unspecified atom stereocenters. The smallest absolute Gasteiger partial charge is 0.481 e. The van der Waals surface area contributed by atoms with Gasteiger partial charge in [0.05, 0.1) is 13.5 Å². The van der Waals surface area contributed by atoms with Crippen molar-refractivity contribution in [1.29, 1.82) is 0 Å². The SMILES string of the molecule is CN1CCC([N+]2(C)CC(N3CCN(CCC(=O)O)CC3)OC2=O)CC1. The van der Waals surface area contributed by atoms with E-state index in [1.165, 1.54) is 0 Å². The third kappa shape index (κ3) is 4.13. The van der Waals surface area contributed by atoms with Gasteiger partial charge in [0.15, 0.2) is 0 Å². The molecule has 3 fully saturated rings. The molecule has 0 bridgehead atoms. The Kier molecular flexibility index (Phi) is 5.62. The monoisotopic (exact) mass is 355 g/mol. The topological polar surface area (TPSA) is 73.3 Å². The van der Waals surface area contributed by atoms with Gasteiger partial charge in [-0.1, -0.05) is 0 Å². The fourth-order valence-electron chi connectivity index (χ4n) is 4.25. The summed E-state index contributed by atoms with van der Waals surface area (Å²) in [5.74, 6) is -0.752. The average molecular weight is 355 g/mol. The molecule has 3 heterocycles. The van der Waals surface area contributed by atoms with Crippen LogP contribution in [-0.4, -0.2) is 115 Å². The van der Waals surface area contributed by atoms with E-state index in [4.69, 9.17) is 9.84 Å². The molecule has 0 spiro atoms. The van der Waals surface area contributed by atoms with E-state index in [0.29, 0.717) is 17.1 Å². The van der Waals surface area contributed by atoms with Crippen LogP contribution in [0.3, 0.4) is 0 Å². The first-order valence-electron chi connectivity index (χ1n) is 9.31. The second-order valence-corrected chi connectivity index (χ2v) is 7.84. The van der Waals surface area contributed by atoms with E-state index in [-0.39, 0.29) is 18.7 Å². The van der Waals surface area contributed by atoms with Crippen molar-refractivity contribution in [3.05, 3.63) is 0 Å². The molecule has 25 heavy (non-hydrogen) atoms. The van der Waals surface area contributed by atoms with Gasteiger partial charge in [-0.05, 0) is 7.05 Å². The summed E-state index contributed by atoms with van der Waals surface area (Å²) >= 11 is 0. The Morgan fingerprint density at radius 2 is 1.84 bits per heavy atom. The lowest BCUT2D eigenvalue weighted by Gasteiger charge is -2.39. The fraction of sp³-hybridized carbons (Fsp3) is 0.882. The lowest BCUT2D eigenvalue weighted by Crippen LogP contribution is -2.58. The molecule has 0 saturated carbocycles. The van der Waals surface area contributed by atoms with E-state index in [9.17, 15) is 9.59 Å². The third-order valence-electron chi connectivity index (χ3n) is 6.14. The molecule has 0 aromatic rings. The molecule has 0 aromatic heterocycles. The van der Waals surface area contributed by atoms with Crippen LogP contribution >= 0.6 is 0 Å². The van der Waals surface area contributed by atoms with E-state index in [1.54, 1.807) is 0 Å². The Labute approximate surface area is 149 Å². The Hall–Kier alpha value is -1.22. The molecule has 3 saturated heterocycles. The van der Waals surface area contributed by atoms with Crippen LogP contribution in [0.15, 0.2) is 0 Å². The van der Waals surface area contributed by atoms with Crippen LogP contribution in [0.5, 0.6) is 0 Å². The van der Waals surface area contributed by atoms with Crippen LogP contribution in [0, 0.1) is 0 Å². The van der Waals surface area contributed by atoms with Crippen LogP contribution < -0.4 is 0 Å². The van der Waals surface area contributed by atoms with Crippen molar-refractivity contribution in [3.63, 3.8) is 0 Å². The maximum atomic E-state index is 12.6. The molecule has 1 amide bonds. The highest BCUT2D eigenvalue weighted by Crippen LogP contribution is 2.30. The zero-order valence-corrected chi connectivity index (χ0v) is 15.4. The first kappa shape index (κ1) is 18.6. The van der Waals surface area contributed by atoms with Crippen LogP contribution in [0.25, 0.3) is 0 Å². The number of piperidine rings is 1. The molecule has 1 N–H and O–H groups in total. The number of carboxylic acid groups (broad SMARTS) is 1. The van der Waals surface area contributed by atoms with Crippen LogP contribution in [-0.2, 0) is 9.53 Å². The second-order valence-electron chi connectivity index (χ2n) is 7.84. The quantitative estimate of drug-likeness (QED) is 0.701. The van der Waals surface area contributed by atoms with Gasteiger partial charge in [0.2, 0.25) is 6.23 Å². The zero-order chi connectivity index (χ0) is 18.0. The van der Waals surface area contributed by atoms with Gasteiger partial charge < -0.3 is 19.6 Å². The number of amides is 1. The van der Waals surface area contributed by atoms with Crippen molar-refractivity contribution in [2.45, 2.75) is 31.5 Å². The lowest BCUT2D eigenvalue weighted by atomic mass is 10.0. The van der Waals surface area contributed by atoms with Crippen molar-refractivity contribution in [1.82, 2.24) is 14.7 Å². The summed E-state index contributed by atoms with van der Waals surface area (Å²) in [4.78, 5) is 30.0. The van der Waals surface area contributed by atoms with Crippen molar-refractivity contribution in [3.8, 4) is 0 Å². The first-order valence-corrected chi connectivity index (χ1v) is 9.31. The maximum absolute atomic E-state index is 12.6. The molecule has 3 aliphatic heterocycles. The predicted octanol–water partition coefficient (Wildman–Crippen LogP) is 0.0958. The third-order valence-corrected chi connectivity index (χ3v) is 6.14. The summed E-state index contributed by atoms with van der Waals surface area (Å²) in [5.41, 5.74) is 0. The van der Waals surface area contributed by atoms with Gasteiger partial charge in [0.1, 0.15) is 12.6 Å². The number of piperazine rings is 1. The summed E-state index contributed by atoms with van der Waals surface area (Å²) in [6.07, 6.45) is 2.03. The van der Waals surface area contributed by atoms with Gasteiger partial charge >= 0.3 is 12.1 Å².